The molecule has 2 rings (SSSR count). The van der Waals surface area contributed by atoms with Crippen LogP contribution in [0.1, 0.15) is 44.7 Å². The molecule has 0 bridgehead atoms. The predicted octanol–water partition coefficient (Wildman–Crippen LogP) is 4.26. The third-order valence-corrected chi connectivity index (χ3v) is 3.37. The third kappa shape index (κ3) is 2.93. The lowest BCUT2D eigenvalue weighted by molar-refractivity contribution is -0.138. The number of benzene rings is 1. The van der Waals surface area contributed by atoms with E-state index in [1.165, 1.54) is 5.56 Å². The van der Waals surface area contributed by atoms with E-state index in [1.807, 2.05) is 19.2 Å². The summed E-state index contributed by atoms with van der Waals surface area (Å²) in [4.78, 5) is 14.9. The van der Waals surface area contributed by atoms with Crippen LogP contribution in [0.5, 0.6) is 0 Å². The number of H-pyrrole nitrogens is 1. The second-order valence-electron chi connectivity index (χ2n) is 5.25. The highest BCUT2D eigenvalue weighted by Crippen LogP contribution is 2.25. The number of aromatic amines is 1. The molecular weight excluding hydrogens is 250 g/mol. The number of hydrogen-bond acceptors (Lipinski definition) is 2. The van der Waals surface area contributed by atoms with Crippen LogP contribution in [0.25, 0.3) is 17.0 Å². The summed E-state index contributed by atoms with van der Waals surface area (Å²) in [6.45, 7) is 8.34. The van der Waals surface area contributed by atoms with Crippen molar-refractivity contribution in [3.8, 4) is 0 Å². The lowest BCUT2D eigenvalue weighted by Gasteiger charge is -2.05. The molecule has 0 spiro atoms. The quantitative estimate of drug-likeness (QED) is 0.667. The number of nitrogens with one attached hydrogen (secondary N) is 1. The van der Waals surface area contributed by atoms with Gasteiger partial charge in [0.25, 0.3) is 0 Å². The van der Waals surface area contributed by atoms with Crippen molar-refractivity contribution < 1.29 is 9.53 Å². The van der Waals surface area contributed by atoms with Crippen LogP contribution in [0, 0.1) is 0 Å². The minimum absolute atomic E-state index is 0.263. The molecule has 2 aromatic rings. The Labute approximate surface area is 119 Å². The smallest absolute Gasteiger partial charge is 0.333 e. The Morgan fingerprint density at radius 1 is 1.40 bits per heavy atom. The van der Waals surface area contributed by atoms with Crippen LogP contribution in [0.4, 0.5) is 0 Å². The summed E-state index contributed by atoms with van der Waals surface area (Å²) in [5.41, 5.74) is 4.03. The van der Waals surface area contributed by atoms with E-state index in [0.717, 1.165) is 16.5 Å². The van der Waals surface area contributed by atoms with Gasteiger partial charge in [-0.05, 0) is 37.5 Å². The molecule has 20 heavy (non-hydrogen) atoms. The van der Waals surface area contributed by atoms with Crippen LogP contribution in [0.3, 0.4) is 0 Å². The Balaban J connectivity index is 2.37. The molecular formula is C17H21NO2. The first-order valence-electron chi connectivity index (χ1n) is 6.99. The van der Waals surface area contributed by atoms with E-state index in [2.05, 4.69) is 37.0 Å². The number of rotatable bonds is 4. The average Bonchev–Trinajstić information content (AvgIpc) is 2.81. The Morgan fingerprint density at radius 2 is 2.15 bits per heavy atom. The Hall–Kier alpha value is -2.03. The molecule has 0 aliphatic rings. The summed E-state index contributed by atoms with van der Waals surface area (Å²) in [7, 11) is 0. The van der Waals surface area contributed by atoms with E-state index in [0.29, 0.717) is 18.1 Å². The molecule has 0 aliphatic carbocycles. The molecule has 1 heterocycles. The highest BCUT2D eigenvalue weighted by atomic mass is 16.5. The van der Waals surface area contributed by atoms with Crippen molar-refractivity contribution in [3.63, 3.8) is 0 Å². The van der Waals surface area contributed by atoms with E-state index in [-0.39, 0.29) is 5.97 Å². The van der Waals surface area contributed by atoms with Crippen LogP contribution in [-0.4, -0.2) is 17.6 Å². The number of fused-ring (bicyclic) bond motifs is 1. The monoisotopic (exact) mass is 271 g/mol. The van der Waals surface area contributed by atoms with Crippen LogP contribution >= 0.6 is 0 Å². The summed E-state index contributed by atoms with van der Waals surface area (Å²) < 4.78 is 5.00. The zero-order valence-electron chi connectivity index (χ0n) is 12.5. The van der Waals surface area contributed by atoms with Gasteiger partial charge in [-0.15, -0.1) is 0 Å². The minimum atomic E-state index is -0.263. The van der Waals surface area contributed by atoms with Gasteiger partial charge in [0.15, 0.2) is 0 Å². The van der Waals surface area contributed by atoms with E-state index in [1.54, 1.807) is 6.92 Å². The van der Waals surface area contributed by atoms with Gasteiger partial charge in [0, 0.05) is 28.2 Å². The molecule has 3 heteroatoms. The maximum Gasteiger partial charge on any atom is 0.333 e. The van der Waals surface area contributed by atoms with Crippen molar-refractivity contribution in [1.29, 1.82) is 0 Å². The molecule has 1 N–H and O–H groups in total. The Morgan fingerprint density at radius 3 is 2.80 bits per heavy atom. The fourth-order valence-corrected chi connectivity index (χ4v) is 2.18. The maximum absolute atomic E-state index is 11.6. The topological polar surface area (TPSA) is 42.1 Å². The molecule has 106 valence electrons. The second-order valence-corrected chi connectivity index (χ2v) is 5.25. The summed E-state index contributed by atoms with van der Waals surface area (Å²) >= 11 is 0. The fraction of sp³-hybridized carbons (Fsp3) is 0.353. The number of carbonyl (C=O) groups is 1. The van der Waals surface area contributed by atoms with Gasteiger partial charge in [-0.2, -0.15) is 0 Å². The average molecular weight is 271 g/mol. The van der Waals surface area contributed by atoms with Crippen LogP contribution < -0.4 is 0 Å². The fourth-order valence-electron chi connectivity index (χ4n) is 2.18. The van der Waals surface area contributed by atoms with Gasteiger partial charge in [-0.3, -0.25) is 0 Å². The molecule has 0 amide bonds. The Kier molecular flexibility index (Phi) is 4.28. The summed E-state index contributed by atoms with van der Waals surface area (Å²) in [6, 6.07) is 6.40. The standard InChI is InChI=1S/C17H21NO2/c1-5-20-17(19)12(4)8-14-10-18-16-9-13(11(2)3)6-7-15(14)16/h6-11,18H,5H2,1-4H3/b12-8+. The highest BCUT2D eigenvalue weighted by Gasteiger charge is 2.08. The van der Waals surface area contributed by atoms with E-state index in [9.17, 15) is 4.79 Å². The van der Waals surface area contributed by atoms with Gasteiger partial charge in [-0.1, -0.05) is 26.0 Å². The number of hydrogen-bond donors (Lipinski definition) is 1. The number of esters is 1. The number of carbonyl (C=O) groups excluding carboxylic acids is 1. The normalized spacial score (nSPS) is 12.2. The first-order chi connectivity index (χ1) is 9.52. The first kappa shape index (κ1) is 14.4. The van der Waals surface area contributed by atoms with E-state index < -0.39 is 0 Å². The number of ether oxygens (including phenoxy) is 1. The van der Waals surface area contributed by atoms with Crippen molar-refractivity contribution in [1.82, 2.24) is 4.98 Å². The van der Waals surface area contributed by atoms with E-state index >= 15 is 0 Å². The summed E-state index contributed by atoms with van der Waals surface area (Å²) in [5, 5.41) is 1.12. The molecule has 0 aliphatic heterocycles. The van der Waals surface area contributed by atoms with Gasteiger partial charge in [0.05, 0.1) is 6.61 Å². The SMILES string of the molecule is CCOC(=O)/C(C)=C/c1c[nH]c2cc(C(C)C)ccc12. The Bertz CT molecular complexity index is 650. The molecule has 3 nitrogen and oxygen atoms in total. The van der Waals surface area contributed by atoms with Gasteiger partial charge in [0.2, 0.25) is 0 Å². The lowest BCUT2D eigenvalue weighted by atomic mass is 10.0. The van der Waals surface area contributed by atoms with Gasteiger partial charge in [0.1, 0.15) is 0 Å². The maximum atomic E-state index is 11.6. The minimum Gasteiger partial charge on any atom is -0.463 e. The van der Waals surface area contributed by atoms with Crippen LogP contribution in [0.2, 0.25) is 0 Å². The molecule has 0 fully saturated rings. The van der Waals surface area contributed by atoms with Crippen molar-refractivity contribution in [2.45, 2.75) is 33.6 Å². The van der Waals surface area contributed by atoms with E-state index in [4.69, 9.17) is 4.74 Å². The van der Waals surface area contributed by atoms with Gasteiger partial charge >= 0.3 is 5.97 Å². The first-order valence-corrected chi connectivity index (χ1v) is 6.99. The summed E-state index contributed by atoms with van der Waals surface area (Å²) in [6.07, 6.45) is 3.80. The van der Waals surface area contributed by atoms with Crippen LogP contribution in [0.15, 0.2) is 30.0 Å². The molecule has 0 atom stereocenters. The zero-order valence-corrected chi connectivity index (χ0v) is 12.5. The molecule has 0 unspecified atom stereocenters. The molecule has 0 saturated carbocycles. The van der Waals surface area contributed by atoms with Crippen molar-refractivity contribution in [3.05, 3.63) is 41.1 Å². The predicted molar refractivity (Wildman–Crippen MR) is 82.7 cm³/mol. The van der Waals surface area contributed by atoms with Crippen molar-refractivity contribution in [2.75, 3.05) is 6.61 Å². The van der Waals surface area contributed by atoms with Crippen molar-refractivity contribution >= 4 is 22.9 Å². The van der Waals surface area contributed by atoms with Gasteiger partial charge in [-0.25, -0.2) is 4.79 Å². The highest BCUT2D eigenvalue weighted by molar-refractivity contribution is 5.97. The molecule has 0 saturated heterocycles. The molecule has 0 radical (unpaired) electrons. The zero-order chi connectivity index (χ0) is 14.7. The van der Waals surface area contributed by atoms with Gasteiger partial charge < -0.3 is 9.72 Å². The number of aromatic nitrogens is 1. The largest absolute Gasteiger partial charge is 0.463 e. The molecule has 1 aromatic heterocycles. The second kappa shape index (κ2) is 5.95. The third-order valence-electron chi connectivity index (χ3n) is 3.37. The van der Waals surface area contributed by atoms with Crippen molar-refractivity contribution in [2.24, 2.45) is 0 Å². The summed E-state index contributed by atoms with van der Waals surface area (Å²) in [5.74, 6) is 0.239. The lowest BCUT2D eigenvalue weighted by Crippen LogP contribution is -2.04. The van der Waals surface area contributed by atoms with Crippen LogP contribution in [-0.2, 0) is 9.53 Å². The molecule has 1 aromatic carbocycles.